The maximum Gasteiger partial charge on any atom is 0.201 e. The van der Waals surface area contributed by atoms with Crippen molar-refractivity contribution in [3.05, 3.63) is 38.6 Å². The van der Waals surface area contributed by atoms with Crippen LogP contribution in [0.5, 0.6) is 0 Å². The van der Waals surface area contributed by atoms with Gasteiger partial charge in [-0.3, -0.25) is 4.79 Å². The lowest BCUT2D eigenvalue weighted by Crippen LogP contribution is -1.83. The van der Waals surface area contributed by atoms with Gasteiger partial charge in [0.2, 0.25) is 5.69 Å². The molecule has 0 unspecified atom stereocenters. The second kappa shape index (κ2) is 3.70. The topological polar surface area (TPSA) is 21.4 Å². The lowest BCUT2D eigenvalue weighted by atomic mass is 10.2. The van der Waals surface area contributed by atoms with Crippen molar-refractivity contribution in [2.24, 2.45) is 0 Å². The Morgan fingerprint density at radius 2 is 2.25 bits per heavy atom. The van der Waals surface area contributed by atoms with E-state index in [4.69, 9.17) is 18.2 Å². The highest BCUT2D eigenvalue weighted by atomic mass is 79.9. The average molecular weight is 244 g/mol. The van der Waals surface area contributed by atoms with E-state index in [1.54, 1.807) is 6.07 Å². The zero-order valence-corrected chi connectivity index (χ0v) is 8.19. The van der Waals surface area contributed by atoms with Gasteiger partial charge in [0.05, 0.1) is 6.57 Å². The van der Waals surface area contributed by atoms with Gasteiger partial charge in [-0.15, -0.1) is 0 Å². The molecule has 4 heteroatoms. The van der Waals surface area contributed by atoms with Gasteiger partial charge in [0.15, 0.2) is 6.29 Å². The fourth-order valence-corrected chi connectivity index (χ4v) is 1.60. The number of halogens is 2. The van der Waals surface area contributed by atoms with Crippen LogP contribution in [0.1, 0.15) is 10.4 Å². The number of hydrogen-bond acceptors (Lipinski definition) is 1. The maximum atomic E-state index is 10.5. The Morgan fingerprint density at radius 1 is 1.58 bits per heavy atom. The van der Waals surface area contributed by atoms with Gasteiger partial charge in [0.25, 0.3) is 0 Å². The first kappa shape index (κ1) is 9.24. The molecule has 2 nitrogen and oxygen atoms in total. The van der Waals surface area contributed by atoms with E-state index in [1.807, 2.05) is 0 Å². The van der Waals surface area contributed by atoms with Crippen LogP contribution in [-0.4, -0.2) is 6.29 Å². The van der Waals surface area contributed by atoms with Crippen molar-refractivity contribution in [3.63, 3.8) is 0 Å². The number of carbonyl (C=O) groups excluding carboxylic acids is 1. The molecule has 0 saturated heterocycles. The minimum absolute atomic E-state index is 0.324. The van der Waals surface area contributed by atoms with Gasteiger partial charge in [-0.2, -0.15) is 0 Å². The summed E-state index contributed by atoms with van der Waals surface area (Å²) in [5.41, 5.74) is 0.715. The molecule has 0 N–H and O–H groups in total. The molecule has 0 aliphatic rings. The van der Waals surface area contributed by atoms with Gasteiger partial charge in [-0.1, -0.05) is 39.7 Å². The smallest absolute Gasteiger partial charge is 0.201 e. The molecule has 0 bridgehead atoms. The number of rotatable bonds is 1. The molecule has 0 saturated carbocycles. The lowest BCUT2D eigenvalue weighted by molar-refractivity contribution is 0.112. The number of aldehydes is 1. The van der Waals surface area contributed by atoms with Crippen molar-refractivity contribution >= 4 is 39.5 Å². The van der Waals surface area contributed by atoms with Crippen LogP contribution < -0.4 is 0 Å². The zero-order chi connectivity index (χ0) is 9.14. The van der Waals surface area contributed by atoms with Crippen LogP contribution in [0.2, 0.25) is 5.02 Å². The molecule has 0 fully saturated rings. The van der Waals surface area contributed by atoms with Crippen LogP contribution in [0, 0.1) is 6.57 Å². The van der Waals surface area contributed by atoms with Crippen molar-refractivity contribution in [3.8, 4) is 0 Å². The van der Waals surface area contributed by atoms with Crippen molar-refractivity contribution in [1.29, 1.82) is 0 Å². The summed E-state index contributed by atoms with van der Waals surface area (Å²) in [6.07, 6.45) is 0.626. The molecule has 0 heterocycles. The molecule has 0 aromatic heterocycles. The number of nitrogens with zero attached hydrogens (tertiary/aromatic N) is 1. The van der Waals surface area contributed by atoms with Gasteiger partial charge in [-0.05, 0) is 0 Å². The molecule has 0 aliphatic carbocycles. The second-order valence-electron chi connectivity index (χ2n) is 2.02. The molecular weight excluding hydrogens is 241 g/mol. The van der Waals surface area contributed by atoms with Gasteiger partial charge >= 0.3 is 0 Å². The lowest BCUT2D eigenvalue weighted by Gasteiger charge is -2.00. The first-order valence-electron chi connectivity index (χ1n) is 3.01. The summed E-state index contributed by atoms with van der Waals surface area (Å²) < 4.78 is 0.458. The summed E-state index contributed by atoms with van der Waals surface area (Å²) in [6.45, 7) is 6.76. The highest BCUT2D eigenvalue weighted by Crippen LogP contribution is 2.32. The second-order valence-corrected chi connectivity index (χ2v) is 3.22. The van der Waals surface area contributed by atoms with Crippen LogP contribution in [0.15, 0.2) is 16.6 Å². The van der Waals surface area contributed by atoms with E-state index in [-0.39, 0.29) is 0 Å². The quantitative estimate of drug-likeness (QED) is 0.547. The van der Waals surface area contributed by atoms with E-state index in [1.165, 1.54) is 6.07 Å². The minimum Gasteiger partial charge on any atom is -0.298 e. The standard InChI is InChI=1S/C8H3BrClNO/c1-11-7-3-2-6(10)5(4-12)8(7)9/h2-4H. The maximum absolute atomic E-state index is 10.5. The Hall–Kier alpha value is -0.850. The van der Waals surface area contributed by atoms with E-state index in [9.17, 15) is 4.79 Å². The van der Waals surface area contributed by atoms with E-state index >= 15 is 0 Å². The summed E-state index contributed by atoms with van der Waals surface area (Å²) in [7, 11) is 0. The highest BCUT2D eigenvalue weighted by molar-refractivity contribution is 9.10. The predicted molar refractivity (Wildman–Crippen MR) is 50.8 cm³/mol. The van der Waals surface area contributed by atoms with Gasteiger partial charge in [-0.25, -0.2) is 4.85 Å². The van der Waals surface area contributed by atoms with Crippen LogP contribution in [0.25, 0.3) is 4.85 Å². The van der Waals surface area contributed by atoms with E-state index < -0.39 is 0 Å². The monoisotopic (exact) mass is 243 g/mol. The summed E-state index contributed by atoms with van der Waals surface area (Å²) in [4.78, 5) is 13.7. The minimum atomic E-state index is 0.324. The van der Waals surface area contributed by atoms with Crippen LogP contribution in [-0.2, 0) is 0 Å². The third-order valence-corrected chi connectivity index (χ3v) is 2.51. The predicted octanol–water partition coefficient (Wildman–Crippen LogP) is 3.47. The normalized spacial score (nSPS) is 9.08. The third kappa shape index (κ3) is 1.50. The Kier molecular flexibility index (Phi) is 2.85. The van der Waals surface area contributed by atoms with Crippen molar-refractivity contribution < 1.29 is 4.79 Å². The van der Waals surface area contributed by atoms with E-state index in [0.29, 0.717) is 27.0 Å². The molecule has 1 aromatic carbocycles. The van der Waals surface area contributed by atoms with Gasteiger partial charge < -0.3 is 0 Å². The number of carbonyl (C=O) groups is 1. The Balaban J connectivity index is 3.46. The van der Waals surface area contributed by atoms with Crippen molar-refractivity contribution in [1.82, 2.24) is 0 Å². The fourth-order valence-electron chi connectivity index (χ4n) is 0.752. The molecule has 0 aliphatic heterocycles. The number of benzene rings is 1. The molecular formula is C8H3BrClNO. The first-order chi connectivity index (χ1) is 5.70. The Bertz CT molecular complexity index is 370. The molecule has 12 heavy (non-hydrogen) atoms. The molecule has 0 atom stereocenters. The number of hydrogen-bond donors (Lipinski definition) is 0. The Labute approximate surface area is 83.1 Å². The zero-order valence-electron chi connectivity index (χ0n) is 5.84. The van der Waals surface area contributed by atoms with Gasteiger partial charge in [0, 0.05) is 15.1 Å². The van der Waals surface area contributed by atoms with Crippen LogP contribution >= 0.6 is 27.5 Å². The van der Waals surface area contributed by atoms with Gasteiger partial charge in [0.1, 0.15) is 0 Å². The SMILES string of the molecule is [C-]#[N+]c1ccc(Cl)c(C=O)c1Br. The fraction of sp³-hybridized carbons (Fsp3) is 0. The van der Waals surface area contributed by atoms with Crippen LogP contribution in [0.3, 0.4) is 0 Å². The molecule has 1 aromatic rings. The van der Waals surface area contributed by atoms with Crippen LogP contribution in [0.4, 0.5) is 5.69 Å². The summed E-state index contributed by atoms with van der Waals surface area (Å²) in [5.74, 6) is 0. The highest BCUT2D eigenvalue weighted by Gasteiger charge is 2.08. The molecule has 0 radical (unpaired) electrons. The Morgan fingerprint density at radius 3 is 2.75 bits per heavy atom. The van der Waals surface area contributed by atoms with Crippen molar-refractivity contribution in [2.75, 3.05) is 0 Å². The molecule has 60 valence electrons. The van der Waals surface area contributed by atoms with E-state index in [2.05, 4.69) is 20.8 Å². The van der Waals surface area contributed by atoms with Crippen molar-refractivity contribution in [2.45, 2.75) is 0 Å². The summed E-state index contributed by atoms with van der Waals surface area (Å²) in [6, 6.07) is 3.09. The molecule has 0 spiro atoms. The summed E-state index contributed by atoms with van der Waals surface area (Å²) in [5, 5.41) is 0.351. The summed E-state index contributed by atoms with van der Waals surface area (Å²) >= 11 is 8.82. The average Bonchev–Trinajstić information content (AvgIpc) is 2.06. The molecule has 0 amide bonds. The van der Waals surface area contributed by atoms with E-state index in [0.717, 1.165) is 0 Å². The first-order valence-corrected chi connectivity index (χ1v) is 4.18. The molecule has 1 rings (SSSR count). The third-order valence-electron chi connectivity index (χ3n) is 1.34. The largest absolute Gasteiger partial charge is 0.298 e.